The molecule has 2 atom stereocenters. The molecule has 1 aliphatic carbocycles. The third kappa shape index (κ3) is 4.02. The highest BCUT2D eigenvalue weighted by Crippen LogP contribution is 2.38. The lowest BCUT2D eigenvalue weighted by Gasteiger charge is -2.40. The molecule has 0 aromatic heterocycles. The van der Waals surface area contributed by atoms with Crippen molar-refractivity contribution in [3.8, 4) is 0 Å². The predicted molar refractivity (Wildman–Crippen MR) is 82.6 cm³/mol. The molecule has 1 aliphatic heterocycles. The second-order valence-electron chi connectivity index (χ2n) is 6.11. The highest BCUT2D eigenvalue weighted by molar-refractivity contribution is 5.67. The summed E-state index contributed by atoms with van der Waals surface area (Å²) in [6.45, 7) is 1.40. The summed E-state index contributed by atoms with van der Waals surface area (Å²) in [5, 5.41) is 12.5. The van der Waals surface area contributed by atoms with Crippen molar-refractivity contribution in [3.63, 3.8) is 0 Å². The predicted octanol–water partition coefficient (Wildman–Crippen LogP) is 1.82. The number of amides is 1. The van der Waals surface area contributed by atoms with Gasteiger partial charge in [0, 0.05) is 31.4 Å². The molecule has 1 spiro atoms. The summed E-state index contributed by atoms with van der Waals surface area (Å²) in [5.74, 6) is -0.661. The molecule has 6 nitrogen and oxygen atoms in total. The van der Waals surface area contributed by atoms with Gasteiger partial charge in [0.2, 0.25) is 0 Å². The largest absolute Gasteiger partial charge is 0.445 e. The Kier molecular flexibility index (Phi) is 5.15. The summed E-state index contributed by atoms with van der Waals surface area (Å²) in [4.78, 5) is 12.0. The first kappa shape index (κ1) is 16.2. The van der Waals surface area contributed by atoms with Crippen LogP contribution in [0.4, 0.5) is 4.79 Å². The first-order valence-corrected chi connectivity index (χ1v) is 8.07. The molecule has 1 heterocycles. The lowest BCUT2D eigenvalue weighted by Crippen LogP contribution is -2.50. The van der Waals surface area contributed by atoms with Crippen molar-refractivity contribution >= 4 is 6.09 Å². The topological polar surface area (TPSA) is 77.0 Å². The molecular weight excluding hydrogens is 298 g/mol. The molecule has 126 valence electrons. The molecule has 0 bridgehead atoms. The molecule has 2 N–H and O–H groups in total. The molecule has 0 radical (unpaired) electrons. The van der Waals surface area contributed by atoms with Crippen molar-refractivity contribution in [2.24, 2.45) is 5.92 Å². The van der Waals surface area contributed by atoms with Gasteiger partial charge in [0.1, 0.15) is 6.61 Å². The number of benzene rings is 1. The van der Waals surface area contributed by atoms with Crippen LogP contribution >= 0.6 is 0 Å². The van der Waals surface area contributed by atoms with Crippen molar-refractivity contribution in [2.45, 2.75) is 37.7 Å². The monoisotopic (exact) mass is 321 g/mol. The molecular formula is C17H23NO5. The molecule has 1 aromatic rings. The van der Waals surface area contributed by atoms with E-state index in [9.17, 15) is 9.90 Å². The van der Waals surface area contributed by atoms with E-state index >= 15 is 0 Å². The van der Waals surface area contributed by atoms with Gasteiger partial charge in [-0.1, -0.05) is 30.3 Å². The van der Waals surface area contributed by atoms with Gasteiger partial charge in [-0.3, -0.25) is 0 Å². The molecule has 23 heavy (non-hydrogen) atoms. The van der Waals surface area contributed by atoms with Crippen molar-refractivity contribution in [3.05, 3.63) is 35.9 Å². The number of aliphatic hydroxyl groups is 1. The Morgan fingerprint density at radius 1 is 1.30 bits per heavy atom. The fourth-order valence-corrected chi connectivity index (χ4v) is 3.31. The number of carbonyl (C=O) groups is 1. The number of nitrogens with one attached hydrogen (secondary N) is 1. The Hall–Kier alpha value is -1.63. The highest BCUT2D eigenvalue weighted by Gasteiger charge is 2.45. The van der Waals surface area contributed by atoms with E-state index in [2.05, 4.69) is 5.32 Å². The fourth-order valence-electron chi connectivity index (χ4n) is 3.31. The Bertz CT molecular complexity index is 515. The van der Waals surface area contributed by atoms with Crippen molar-refractivity contribution in [1.29, 1.82) is 0 Å². The summed E-state index contributed by atoms with van der Waals surface area (Å²) in [6, 6.07) is 9.41. The zero-order valence-corrected chi connectivity index (χ0v) is 13.1. The van der Waals surface area contributed by atoms with Crippen LogP contribution in [-0.4, -0.2) is 42.8 Å². The minimum atomic E-state index is -0.570. The van der Waals surface area contributed by atoms with Crippen LogP contribution in [0.15, 0.2) is 30.3 Å². The maximum absolute atomic E-state index is 12.0. The van der Waals surface area contributed by atoms with Gasteiger partial charge in [-0.2, -0.15) is 0 Å². The van der Waals surface area contributed by atoms with Crippen LogP contribution < -0.4 is 5.32 Å². The molecule has 2 aliphatic rings. The van der Waals surface area contributed by atoms with Crippen molar-refractivity contribution in [1.82, 2.24) is 5.32 Å². The number of aliphatic hydroxyl groups excluding tert-OH is 1. The van der Waals surface area contributed by atoms with Crippen LogP contribution in [0.2, 0.25) is 0 Å². The Morgan fingerprint density at radius 2 is 2.04 bits per heavy atom. The van der Waals surface area contributed by atoms with Gasteiger partial charge < -0.3 is 24.6 Å². The highest BCUT2D eigenvalue weighted by atomic mass is 16.7. The Morgan fingerprint density at radius 3 is 2.74 bits per heavy atom. The maximum Gasteiger partial charge on any atom is 0.407 e. The molecule has 2 fully saturated rings. The van der Waals surface area contributed by atoms with Gasteiger partial charge >= 0.3 is 6.09 Å². The summed E-state index contributed by atoms with van der Waals surface area (Å²) >= 11 is 0. The van der Waals surface area contributed by atoms with E-state index in [0.29, 0.717) is 32.5 Å². The molecule has 1 aromatic carbocycles. The minimum Gasteiger partial charge on any atom is -0.445 e. The smallest absolute Gasteiger partial charge is 0.407 e. The van der Waals surface area contributed by atoms with Crippen LogP contribution in [0.25, 0.3) is 0 Å². The number of alkyl carbamates (subject to hydrolysis) is 1. The summed E-state index contributed by atoms with van der Waals surface area (Å²) in [6.07, 6.45) is 1.55. The quantitative estimate of drug-likeness (QED) is 0.884. The lowest BCUT2D eigenvalue weighted by atomic mass is 9.81. The van der Waals surface area contributed by atoms with E-state index in [-0.39, 0.29) is 25.2 Å². The van der Waals surface area contributed by atoms with Crippen LogP contribution in [0.5, 0.6) is 0 Å². The third-order valence-corrected chi connectivity index (χ3v) is 4.54. The van der Waals surface area contributed by atoms with Crippen molar-refractivity contribution in [2.75, 3.05) is 19.8 Å². The van der Waals surface area contributed by atoms with Gasteiger partial charge in [0.15, 0.2) is 5.79 Å². The average molecular weight is 321 g/mol. The zero-order chi connectivity index (χ0) is 16.1. The standard InChI is InChI=1S/C17H23NO5/c19-11-14-10-17(22-8-9-23-17)7-6-15(14)18-16(20)21-12-13-4-2-1-3-5-13/h1-5,14-15,19H,6-12H2,(H,18,20). The maximum atomic E-state index is 12.0. The van der Waals surface area contributed by atoms with E-state index < -0.39 is 11.9 Å². The third-order valence-electron chi connectivity index (χ3n) is 4.54. The van der Waals surface area contributed by atoms with Crippen molar-refractivity contribution < 1.29 is 24.1 Å². The van der Waals surface area contributed by atoms with Gasteiger partial charge in [-0.15, -0.1) is 0 Å². The Balaban J connectivity index is 1.49. The van der Waals surface area contributed by atoms with E-state index in [1.807, 2.05) is 30.3 Å². The fraction of sp³-hybridized carbons (Fsp3) is 0.588. The van der Waals surface area contributed by atoms with E-state index in [0.717, 1.165) is 5.56 Å². The second kappa shape index (κ2) is 7.29. The summed E-state index contributed by atoms with van der Waals surface area (Å²) < 4.78 is 16.6. The number of hydrogen-bond acceptors (Lipinski definition) is 5. The first-order chi connectivity index (χ1) is 11.2. The molecule has 6 heteroatoms. The summed E-state index contributed by atoms with van der Waals surface area (Å²) in [7, 11) is 0. The van der Waals surface area contributed by atoms with Gasteiger partial charge in [-0.05, 0) is 12.0 Å². The van der Waals surface area contributed by atoms with Crippen LogP contribution in [0, 0.1) is 5.92 Å². The van der Waals surface area contributed by atoms with Gasteiger partial charge in [0.05, 0.1) is 13.2 Å². The second-order valence-corrected chi connectivity index (χ2v) is 6.11. The summed E-state index contributed by atoms with van der Waals surface area (Å²) in [5.41, 5.74) is 0.941. The van der Waals surface area contributed by atoms with Crippen LogP contribution in [0.1, 0.15) is 24.8 Å². The normalized spacial score (nSPS) is 26.1. The molecule has 1 saturated heterocycles. The van der Waals surface area contributed by atoms with Crippen LogP contribution in [-0.2, 0) is 20.8 Å². The van der Waals surface area contributed by atoms with E-state index in [4.69, 9.17) is 14.2 Å². The van der Waals surface area contributed by atoms with Crippen LogP contribution in [0.3, 0.4) is 0 Å². The number of carbonyl (C=O) groups excluding carboxylic acids is 1. The van der Waals surface area contributed by atoms with Gasteiger partial charge in [0.25, 0.3) is 0 Å². The number of rotatable bonds is 4. The number of hydrogen-bond donors (Lipinski definition) is 2. The Labute approximate surface area is 135 Å². The van der Waals surface area contributed by atoms with Gasteiger partial charge in [-0.25, -0.2) is 4.79 Å². The number of ether oxygens (including phenoxy) is 3. The molecule has 3 rings (SSSR count). The molecule has 2 unspecified atom stereocenters. The van der Waals surface area contributed by atoms with E-state index in [1.54, 1.807) is 0 Å². The first-order valence-electron chi connectivity index (χ1n) is 8.07. The average Bonchev–Trinajstić information content (AvgIpc) is 3.04. The lowest BCUT2D eigenvalue weighted by molar-refractivity contribution is -0.193. The minimum absolute atomic E-state index is 0.0158. The van der Waals surface area contributed by atoms with E-state index in [1.165, 1.54) is 0 Å². The molecule has 1 saturated carbocycles. The zero-order valence-electron chi connectivity index (χ0n) is 13.1. The molecule has 1 amide bonds. The SMILES string of the molecule is O=C(NC1CCC2(CC1CO)OCCO2)OCc1ccccc1.